The van der Waals surface area contributed by atoms with Crippen molar-refractivity contribution in [2.24, 2.45) is 0 Å². The number of nitrogens with zero attached hydrogens (tertiary/aromatic N) is 3. The second-order valence-corrected chi connectivity index (χ2v) is 8.35. The molecule has 0 aromatic heterocycles. The van der Waals surface area contributed by atoms with Gasteiger partial charge in [-0.2, -0.15) is 15.8 Å². The van der Waals surface area contributed by atoms with Crippen molar-refractivity contribution in [1.82, 2.24) is 0 Å². The maximum atomic E-state index is 9.83. The van der Waals surface area contributed by atoms with Crippen molar-refractivity contribution in [3.05, 3.63) is 106 Å². The van der Waals surface area contributed by atoms with Crippen LogP contribution in [0.25, 0.3) is 0 Å². The molecule has 0 heterocycles. The van der Waals surface area contributed by atoms with Crippen LogP contribution in [0.3, 0.4) is 0 Å². The minimum absolute atomic E-state index is 0.130. The molecule has 2 atom stereocenters. The molecule has 0 unspecified atom stereocenters. The van der Waals surface area contributed by atoms with Crippen molar-refractivity contribution in [1.29, 1.82) is 15.8 Å². The van der Waals surface area contributed by atoms with E-state index in [0.717, 1.165) is 18.4 Å². The Hall–Kier alpha value is -3.87. The third kappa shape index (κ3) is 2.78. The number of hydrogen-bond acceptors (Lipinski definition) is 3. The van der Waals surface area contributed by atoms with Crippen molar-refractivity contribution in [2.75, 3.05) is 0 Å². The number of hydrogen-bond donors (Lipinski definition) is 0. The van der Waals surface area contributed by atoms with Gasteiger partial charge >= 0.3 is 0 Å². The Bertz CT molecular complexity index is 1250. The molecule has 0 saturated heterocycles. The van der Waals surface area contributed by atoms with Gasteiger partial charge in [-0.1, -0.05) is 68.4 Å². The van der Waals surface area contributed by atoms with E-state index in [1.54, 1.807) is 12.1 Å². The third-order valence-electron chi connectivity index (χ3n) is 6.77. The van der Waals surface area contributed by atoms with Gasteiger partial charge in [0.1, 0.15) is 12.1 Å². The van der Waals surface area contributed by atoms with E-state index >= 15 is 0 Å². The van der Waals surface area contributed by atoms with Crippen molar-refractivity contribution in [2.45, 2.75) is 37.5 Å². The third-order valence-corrected chi connectivity index (χ3v) is 6.77. The fraction of sp³-hybridized carbons (Fsp3) is 0.222. The monoisotopic (exact) mass is 387 g/mol. The summed E-state index contributed by atoms with van der Waals surface area (Å²) in [4.78, 5) is 0. The lowest BCUT2D eigenvalue weighted by Crippen LogP contribution is -2.39. The van der Waals surface area contributed by atoms with Crippen molar-refractivity contribution in [3.8, 4) is 18.2 Å². The number of rotatable bonds is 2. The Morgan fingerprint density at radius 2 is 1.10 bits per heavy atom. The van der Waals surface area contributed by atoms with Crippen LogP contribution in [0.2, 0.25) is 0 Å². The largest absolute Gasteiger partial charge is 0.192 e. The standard InChI is InChI=1S/C27H21N3/c1-26(22-8-4-3-5-9-22)12-13-27(2,24-11-7-6-10-23(24)26)25-15-20(17-29)19(16-28)14-21(25)18-30/h3-11,14-15H,12-13H2,1-2H3/t26-,27+/m1/s1. The number of fused-ring (bicyclic) bond motifs is 1. The zero-order valence-electron chi connectivity index (χ0n) is 17.1. The molecule has 0 N–H and O–H groups in total. The topological polar surface area (TPSA) is 71.4 Å². The highest BCUT2D eigenvalue weighted by atomic mass is 14.5. The molecular weight excluding hydrogens is 366 g/mol. The zero-order valence-corrected chi connectivity index (χ0v) is 17.1. The molecule has 3 aromatic carbocycles. The van der Waals surface area contributed by atoms with Gasteiger partial charge < -0.3 is 0 Å². The maximum Gasteiger partial charge on any atom is 0.101 e. The summed E-state index contributed by atoms with van der Waals surface area (Å²) >= 11 is 0. The first-order chi connectivity index (χ1) is 14.5. The molecule has 3 heteroatoms. The number of benzene rings is 3. The Balaban J connectivity index is 1.97. The minimum atomic E-state index is -0.421. The van der Waals surface area contributed by atoms with Gasteiger partial charge in [0.15, 0.2) is 0 Å². The van der Waals surface area contributed by atoms with E-state index in [1.165, 1.54) is 16.7 Å². The Morgan fingerprint density at radius 1 is 0.600 bits per heavy atom. The molecule has 0 radical (unpaired) electrons. The van der Waals surface area contributed by atoms with Gasteiger partial charge in [-0.05, 0) is 47.2 Å². The summed E-state index contributed by atoms with van der Waals surface area (Å²) in [7, 11) is 0. The highest BCUT2D eigenvalue weighted by molar-refractivity contribution is 5.60. The van der Waals surface area contributed by atoms with E-state index in [-0.39, 0.29) is 11.0 Å². The minimum Gasteiger partial charge on any atom is -0.192 e. The second-order valence-electron chi connectivity index (χ2n) is 8.35. The van der Waals surface area contributed by atoms with Crippen molar-refractivity contribution < 1.29 is 0 Å². The Kier molecular flexibility index (Phi) is 4.66. The van der Waals surface area contributed by atoms with Crippen LogP contribution in [0.4, 0.5) is 0 Å². The summed E-state index contributed by atoms with van der Waals surface area (Å²) in [6.07, 6.45) is 1.75. The maximum absolute atomic E-state index is 9.83. The summed E-state index contributed by atoms with van der Waals surface area (Å²) in [5, 5.41) is 28.8. The van der Waals surface area contributed by atoms with Crippen LogP contribution in [0.1, 0.15) is 65.6 Å². The fourth-order valence-electron chi connectivity index (χ4n) is 4.93. The molecule has 30 heavy (non-hydrogen) atoms. The van der Waals surface area contributed by atoms with Crippen LogP contribution in [0.15, 0.2) is 66.7 Å². The van der Waals surface area contributed by atoms with E-state index < -0.39 is 5.41 Å². The van der Waals surface area contributed by atoms with Gasteiger partial charge in [0, 0.05) is 10.8 Å². The molecule has 0 aliphatic heterocycles. The summed E-state index contributed by atoms with van der Waals surface area (Å²) in [6, 6.07) is 28.7. The van der Waals surface area contributed by atoms with E-state index in [4.69, 9.17) is 0 Å². The molecule has 0 fully saturated rings. The van der Waals surface area contributed by atoms with E-state index in [9.17, 15) is 15.8 Å². The van der Waals surface area contributed by atoms with Crippen LogP contribution in [-0.4, -0.2) is 0 Å². The highest BCUT2D eigenvalue weighted by Crippen LogP contribution is 2.52. The molecule has 0 bridgehead atoms. The van der Waals surface area contributed by atoms with Crippen molar-refractivity contribution in [3.63, 3.8) is 0 Å². The van der Waals surface area contributed by atoms with Gasteiger partial charge in [-0.15, -0.1) is 0 Å². The van der Waals surface area contributed by atoms with Crippen LogP contribution in [0.5, 0.6) is 0 Å². The molecule has 0 amide bonds. The summed E-state index contributed by atoms with van der Waals surface area (Å²) in [5.41, 5.74) is 5.00. The predicted octanol–water partition coefficient (Wildman–Crippen LogP) is 5.71. The van der Waals surface area contributed by atoms with Gasteiger partial charge in [0.05, 0.1) is 22.8 Å². The van der Waals surface area contributed by atoms with E-state index in [0.29, 0.717) is 11.1 Å². The summed E-state index contributed by atoms with van der Waals surface area (Å²) < 4.78 is 0. The van der Waals surface area contributed by atoms with Crippen LogP contribution in [0, 0.1) is 34.0 Å². The molecule has 3 aromatic rings. The van der Waals surface area contributed by atoms with Crippen molar-refractivity contribution >= 4 is 0 Å². The van der Waals surface area contributed by atoms with Gasteiger partial charge in [-0.25, -0.2) is 0 Å². The molecule has 0 saturated carbocycles. The second kappa shape index (κ2) is 7.18. The molecular formula is C27H21N3. The fourth-order valence-corrected chi connectivity index (χ4v) is 4.93. The first-order valence-electron chi connectivity index (χ1n) is 10.0. The van der Waals surface area contributed by atoms with Gasteiger partial charge in [-0.3, -0.25) is 0 Å². The summed E-state index contributed by atoms with van der Waals surface area (Å²) in [6.45, 7) is 4.44. The zero-order chi connectivity index (χ0) is 21.4. The highest BCUT2D eigenvalue weighted by Gasteiger charge is 2.44. The first-order valence-corrected chi connectivity index (χ1v) is 10.0. The van der Waals surface area contributed by atoms with E-state index in [1.807, 2.05) is 18.2 Å². The lowest BCUT2D eigenvalue weighted by Gasteiger charge is -2.46. The molecule has 3 nitrogen and oxygen atoms in total. The molecule has 144 valence electrons. The summed E-state index contributed by atoms with van der Waals surface area (Å²) in [5.74, 6) is 0. The lowest BCUT2D eigenvalue weighted by atomic mass is 9.57. The molecule has 0 spiro atoms. The van der Waals surface area contributed by atoms with Crippen LogP contribution < -0.4 is 0 Å². The predicted molar refractivity (Wildman–Crippen MR) is 116 cm³/mol. The van der Waals surface area contributed by atoms with Gasteiger partial charge in [0.25, 0.3) is 0 Å². The average Bonchev–Trinajstić information content (AvgIpc) is 2.81. The van der Waals surface area contributed by atoms with Crippen LogP contribution >= 0.6 is 0 Å². The average molecular weight is 387 g/mol. The lowest BCUT2D eigenvalue weighted by molar-refractivity contribution is 0.369. The normalized spacial score (nSPS) is 22.2. The Labute approximate surface area is 177 Å². The molecule has 1 aliphatic carbocycles. The Morgan fingerprint density at radius 3 is 1.70 bits per heavy atom. The van der Waals surface area contributed by atoms with E-state index in [2.05, 4.69) is 68.5 Å². The quantitative estimate of drug-likeness (QED) is 0.565. The van der Waals surface area contributed by atoms with Gasteiger partial charge in [0.2, 0.25) is 0 Å². The van der Waals surface area contributed by atoms with Crippen LogP contribution in [-0.2, 0) is 10.8 Å². The molecule has 4 rings (SSSR count). The number of nitriles is 3. The molecule has 1 aliphatic rings. The smallest absolute Gasteiger partial charge is 0.101 e. The SMILES string of the molecule is C[C@]1(c2cc(C#N)c(C#N)cc2C#N)CC[C@](C)(c2ccccc2)c2ccccc21. The first kappa shape index (κ1) is 19.4.